The smallest absolute Gasteiger partial charge is 0.278 e. The number of aromatic nitrogens is 1. The molecule has 1 amide bonds. The zero-order valence-corrected chi connectivity index (χ0v) is 21.0. The molecule has 196 valence electrons. The molecular formula is C27H24F2N4O4S. The number of nitrogens with zero attached hydrogens (tertiary/aromatic N) is 3. The van der Waals surface area contributed by atoms with Crippen LogP contribution in [0, 0.1) is 11.6 Å². The van der Waals surface area contributed by atoms with Gasteiger partial charge in [0.2, 0.25) is 5.43 Å². The molecule has 2 fully saturated rings. The monoisotopic (exact) mass is 538 g/mol. The summed E-state index contributed by atoms with van der Waals surface area (Å²) in [7, 11) is 0. The largest absolute Gasteiger partial charge is 0.502 e. The average molecular weight is 539 g/mol. The first-order chi connectivity index (χ1) is 18.4. The van der Waals surface area contributed by atoms with E-state index in [4.69, 9.17) is 4.74 Å². The number of hydrogen-bond donors (Lipinski definition) is 2. The van der Waals surface area contributed by atoms with E-state index in [2.05, 4.69) is 10.3 Å². The summed E-state index contributed by atoms with van der Waals surface area (Å²) in [5.74, 6) is -1.68. The summed E-state index contributed by atoms with van der Waals surface area (Å²) in [6.07, 6.45) is 2.91. The number of carbonyl (C=O) groups is 1. The van der Waals surface area contributed by atoms with Crippen molar-refractivity contribution in [3.63, 3.8) is 0 Å². The quantitative estimate of drug-likeness (QED) is 0.530. The summed E-state index contributed by atoms with van der Waals surface area (Å²) in [6.45, 7) is 1.02. The van der Waals surface area contributed by atoms with Crippen LogP contribution in [0.15, 0.2) is 52.3 Å². The van der Waals surface area contributed by atoms with Crippen LogP contribution in [0.3, 0.4) is 0 Å². The Morgan fingerprint density at radius 3 is 2.71 bits per heavy atom. The highest BCUT2D eigenvalue weighted by Crippen LogP contribution is 2.39. The van der Waals surface area contributed by atoms with Crippen molar-refractivity contribution in [2.75, 3.05) is 18.5 Å². The van der Waals surface area contributed by atoms with Crippen molar-refractivity contribution in [1.29, 1.82) is 0 Å². The van der Waals surface area contributed by atoms with Gasteiger partial charge >= 0.3 is 0 Å². The molecule has 11 heteroatoms. The molecule has 4 aliphatic rings. The fourth-order valence-electron chi connectivity index (χ4n) is 5.59. The number of thioether (sulfide) groups is 1. The highest BCUT2D eigenvalue weighted by atomic mass is 32.2. The minimum absolute atomic E-state index is 0.0863. The maximum absolute atomic E-state index is 14.4. The third-order valence-electron chi connectivity index (χ3n) is 7.69. The van der Waals surface area contributed by atoms with Gasteiger partial charge in [-0.3, -0.25) is 24.6 Å². The highest BCUT2D eigenvalue weighted by molar-refractivity contribution is 7.98. The third kappa shape index (κ3) is 3.75. The summed E-state index contributed by atoms with van der Waals surface area (Å²) in [6, 6.07) is 10.1. The minimum Gasteiger partial charge on any atom is -0.502 e. The third-order valence-corrected chi connectivity index (χ3v) is 8.83. The first-order valence-electron chi connectivity index (χ1n) is 12.5. The lowest BCUT2D eigenvalue weighted by Gasteiger charge is -2.49. The maximum Gasteiger partial charge on any atom is 0.278 e. The second-order valence-corrected chi connectivity index (χ2v) is 11.0. The fraction of sp³-hybridized carbons (Fsp3) is 0.333. The Hall–Kier alpha value is -3.57. The number of halogens is 2. The number of pyridine rings is 1. The predicted octanol–water partition coefficient (Wildman–Crippen LogP) is 3.24. The summed E-state index contributed by atoms with van der Waals surface area (Å²) >= 11 is 1.47. The number of amides is 1. The maximum atomic E-state index is 14.4. The molecule has 2 unspecified atom stereocenters. The molecule has 1 saturated heterocycles. The second kappa shape index (κ2) is 8.74. The Bertz CT molecular complexity index is 1540. The van der Waals surface area contributed by atoms with Crippen molar-refractivity contribution in [1.82, 2.24) is 14.5 Å². The second-order valence-electron chi connectivity index (χ2n) is 10.0. The Morgan fingerprint density at radius 1 is 1.05 bits per heavy atom. The Labute approximate surface area is 220 Å². The van der Waals surface area contributed by atoms with Gasteiger partial charge in [0, 0.05) is 47.6 Å². The molecule has 3 aromatic rings. The molecule has 2 aromatic carbocycles. The minimum atomic E-state index is -0.838. The Morgan fingerprint density at radius 2 is 1.89 bits per heavy atom. The van der Waals surface area contributed by atoms with Crippen molar-refractivity contribution in [3.05, 3.63) is 86.8 Å². The molecule has 2 atom stereocenters. The standard InChI is InChI=1S/C27H24F2N4O4S/c28-19-5-1-14-11-15-12-17(4-6-21(15)38-13-18(14)22(19)29)37-27-25-30-33-8-7-20(34)24(35)23(33)26(36)32(25)10-9-31(27)16-2-3-16/h1,4-8,12,16,25,27,30,35H,2-3,9-11,13H2. The molecule has 8 nitrogen and oxygen atoms in total. The van der Waals surface area contributed by atoms with Crippen LogP contribution in [-0.2, 0) is 12.2 Å². The van der Waals surface area contributed by atoms with E-state index in [1.165, 1.54) is 34.8 Å². The number of benzene rings is 2. The lowest BCUT2D eigenvalue weighted by atomic mass is 10.00. The summed E-state index contributed by atoms with van der Waals surface area (Å²) < 4.78 is 36.2. The van der Waals surface area contributed by atoms with Crippen LogP contribution in [-0.4, -0.2) is 57.0 Å². The van der Waals surface area contributed by atoms with E-state index in [9.17, 15) is 23.5 Å². The number of hydrogen-bond acceptors (Lipinski definition) is 7. The molecule has 0 spiro atoms. The number of carbonyl (C=O) groups excluding carboxylic acids is 1. The van der Waals surface area contributed by atoms with Gasteiger partial charge in [-0.2, -0.15) is 0 Å². The number of aromatic hydroxyl groups is 1. The van der Waals surface area contributed by atoms with Crippen LogP contribution in [0.5, 0.6) is 11.5 Å². The van der Waals surface area contributed by atoms with Crippen molar-refractivity contribution >= 4 is 17.7 Å². The van der Waals surface area contributed by atoms with Gasteiger partial charge in [0.05, 0.1) is 0 Å². The number of piperazine rings is 1. The number of nitrogens with one attached hydrogen (secondary N) is 1. The van der Waals surface area contributed by atoms with Crippen molar-refractivity contribution < 1.29 is 23.4 Å². The molecule has 2 N–H and O–H groups in total. The van der Waals surface area contributed by atoms with E-state index >= 15 is 0 Å². The van der Waals surface area contributed by atoms with Gasteiger partial charge < -0.3 is 14.7 Å². The van der Waals surface area contributed by atoms with Crippen molar-refractivity contribution in [2.45, 2.75) is 48.3 Å². The lowest BCUT2D eigenvalue weighted by Crippen LogP contribution is -2.69. The molecule has 1 aliphatic carbocycles. The number of rotatable bonds is 3. The number of fused-ring (bicyclic) bond motifs is 4. The predicted molar refractivity (Wildman–Crippen MR) is 136 cm³/mol. The van der Waals surface area contributed by atoms with Crippen molar-refractivity contribution in [2.24, 2.45) is 0 Å². The van der Waals surface area contributed by atoms with Crippen LogP contribution in [0.1, 0.15) is 40.0 Å². The molecule has 7 rings (SSSR count). The van der Waals surface area contributed by atoms with Gasteiger partial charge in [0.15, 0.2) is 35.5 Å². The van der Waals surface area contributed by atoms with Crippen LogP contribution in [0.25, 0.3) is 0 Å². The van der Waals surface area contributed by atoms with E-state index in [0.717, 1.165) is 28.9 Å². The van der Waals surface area contributed by atoms with E-state index in [0.29, 0.717) is 42.6 Å². The molecule has 38 heavy (non-hydrogen) atoms. The lowest BCUT2D eigenvalue weighted by molar-refractivity contribution is -0.0734. The van der Waals surface area contributed by atoms with Crippen molar-refractivity contribution in [3.8, 4) is 11.5 Å². The van der Waals surface area contributed by atoms with Crippen LogP contribution in [0.4, 0.5) is 8.78 Å². The normalized spacial score (nSPS) is 22.5. The summed E-state index contributed by atoms with van der Waals surface area (Å²) in [5.41, 5.74) is 4.66. The van der Waals surface area contributed by atoms with Gasteiger partial charge in [-0.25, -0.2) is 8.78 Å². The number of ether oxygens (including phenoxy) is 1. The van der Waals surface area contributed by atoms with Gasteiger partial charge in [0.1, 0.15) is 5.75 Å². The van der Waals surface area contributed by atoms with Gasteiger partial charge in [0.25, 0.3) is 5.91 Å². The first kappa shape index (κ1) is 23.5. The first-order valence-corrected chi connectivity index (χ1v) is 13.5. The molecule has 1 saturated carbocycles. The van der Waals surface area contributed by atoms with Gasteiger partial charge in [-0.1, -0.05) is 6.07 Å². The summed E-state index contributed by atoms with van der Waals surface area (Å²) in [4.78, 5) is 30.2. The zero-order chi connectivity index (χ0) is 26.1. The zero-order valence-electron chi connectivity index (χ0n) is 20.2. The van der Waals surface area contributed by atoms with Crippen LogP contribution < -0.4 is 15.6 Å². The van der Waals surface area contributed by atoms with E-state index in [1.54, 1.807) is 11.0 Å². The average Bonchev–Trinajstić information content (AvgIpc) is 3.76. The molecule has 4 heterocycles. The van der Waals surface area contributed by atoms with Crippen LogP contribution in [0.2, 0.25) is 0 Å². The molecule has 0 bridgehead atoms. The highest BCUT2D eigenvalue weighted by Gasteiger charge is 2.49. The fourth-order valence-corrected chi connectivity index (χ4v) is 6.68. The molecule has 1 aromatic heterocycles. The van der Waals surface area contributed by atoms with Gasteiger partial charge in [-0.15, -0.1) is 11.8 Å². The van der Waals surface area contributed by atoms with E-state index in [1.807, 2.05) is 18.2 Å². The van der Waals surface area contributed by atoms with Crippen LogP contribution >= 0.6 is 11.8 Å². The Kier molecular flexibility index (Phi) is 5.41. The Balaban J connectivity index is 1.22. The summed E-state index contributed by atoms with van der Waals surface area (Å²) in [5, 5.41) is 10.3. The molecule has 0 radical (unpaired) electrons. The SMILES string of the molecule is O=C1c2c(O)c(=O)ccn2NC2C(Oc3ccc4c(c3)Cc3ccc(F)c(F)c3CS4)N(C3CC3)CCN12. The van der Waals surface area contributed by atoms with E-state index < -0.39 is 41.1 Å². The topological polar surface area (TPSA) is 87.0 Å². The van der Waals surface area contributed by atoms with Gasteiger partial charge in [-0.05, 0) is 54.7 Å². The molecular weight excluding hydrogens is 514 g/mol. The van der Waals surface area contributed by atoms with E-state index in [-0.39, 0.29) is 5.69 Å². The molecule has 3 aliphatic heterocycles.